The maximum absolute atomic E-state index is 5.99. The average molecular weight is 305 g/mol. The van der Waals surface area contributed by atoms with Gasteiger partial charge in [0, 0.05) is 0 Å². The van der Waals surface area contributed by atoms with E-state index in [4.69, 9.17) is 4.74 Å². The van der Waals surface area contributed by atoms with Gasteiger partial charge in [-0.25, -0.2) is 0 Å². The molecule has 2 rings (SSSR count). The second-order valence-electron chi connectivity index (χ2n) is 7.39. The molecule has 0 saturated heterocycles. The Bertz CT molecular complexity index is 328. The average Bonchev–Trinajstić information content (AvgIpc) is 2.56. The summed E-state index contributed by atoms with van der Waals surface area (Å²) in [4.78, 5) is 0. The third-order valence-corrected chi connectivity index (χ3v) is 5.84. The van der Waals surface area contributed by atoms with Gasteiger partial charge in [0.2, 0.25) is 0 Å². The highest BCUT2D eigenvalue weighted by Gasteiger charge is 2.30. The Kier molecular flexibility index (Phi) is 8.30. The summed E-state index contributed by atoms with van der Waals surface area (Å²) < 4.78 is 5.99. The molecule has 0 N–H and O–H groups in total. The van der Waals surface area contributed by atoms with Crippen molar-refractivity contribution in [2.24, 2.45) is 17.8 Å². The molecule has 0 aliphatic heterocycles. The van der Waals surface area contributed by atoms with Gasteiger partial charge in [0.05, 0.1) is 12.7 Å². The molecule has 0 amide bonds. The van der Waals surface area contributed by atoms with E-state index >= 15 is 0 Å². The molecule has 22 heavy (non-hydrogen) atoms. The van der Waals surface area contributed by atoms with Crippen LogP contribution in [0.1, 0.15) is 78.1 Å². The summed E-state index contributed by atoms with van der Waals surface area (Å²) in [5.41, 5.74) is 0. The molecule has 126 valence electrons. The van der Waals surface area contributed by atoms with Crippen molar-refractivity contribution in [3.63, 3.8) is 0 Å². The van der Waals surface area contributed by atoms with Gasteiger partial charge in [-0.15, -0.1) is 0 Å². The number of hydrogen-bond donors (Lipinski definition) is 0. The highest BCUT2D eigenvalue weighted by molar-refractivity contribution is 5.01. The van der Waals surface area contributed by atoms with Gasteiger partial charge in [-0.3, -0.25) is 0 Å². The zero-order valence-corrected chi connectivity index (χ0v) is 14.8. The van der Waals surface area contributed by atoms with E-state index in [2.05, 4.69) is 31.2 Å². The van der Waals surface area contributed by atoms with Crippen molar-refractivity contribution in [3.05, 3.63) is 24.3 Å². The Hall–Kier alpha value is -0.560. The Morgan fingerprint density at radius 3 is 2.09 bits per heavy atom. The van der Waals surface area contributed by atoms with Crippen LogP contribution >= 0.6 is 0 Å². The van der Waals surface area contributed by atoms with Crippen LogP contribution in [-0.4, -0.2) is 12.7 Å². The van der Waals surface area contributed by atoms with Crippen LogP contribution < -0.4 is 0 Å². The second-order valence-corrected chi connectivity index (χ2v) is 7.39. The SMILES string of the molecule is C/C=C/C=C/CO[C@H]1CC[C@H](C2CCC(CCC)CC2)CC1. The van der Waals surface area contributed by atoms with Crippen molar-refractivity contribution in [3.8, 4) is 0 Å². The number of hydrogen-bond acceptors (Lipinski definition) is 1. The highest BCUT2D eigenvalue weighted by atomic mass is 16.5. The third kappa shape index (κ3) is 5.91. The maximum atomic E-state index is 5.99. The lowest BCUT2D eigenvalue weighted by Crippen LogP contribution is -2.28. The Balaban J connectivity index is 1.61. The standard InChI is InChI=1S/C21H36O/c1-3-5-6-7-17-22-21-15-13-20(14-16-21)19-11-9-18(8-4-2)10-12-19/h3,5-7,18-21H,4,8-17H2,1-2H3/b5-3+,7-6+/t18?,19?,20-,21-. The molecule has 0 aromatic carbocycles. The zero-order valence-electron chi connectivity index (χ0n) is 14.8. The number of rotatable bonds is 7. The van der Waals surface area contributed by atoms with Gasteiger partial charge in [0.25, 0.3) is 0 Å². The zero-order chi connectivity index (χ0) is 15.6. The fourth-order valence-electron chi connectivity index (χ4n) is 4.52. The predicted octanol–water partition coefficient (Wildman–Crippen LogP) is 6.30. The lowest BCUT2D eigenvalue weighted by atomic mass is 9.70. The molecule has 0 aromatic rings. The van der Waals surface area contributed by atoms with Crippen LogP contribution in [0.4, 0.5) is 0 Å². The topological polar surface area (TPSA) is 9.23 Å². The van der Waals surface area contributed by atoms with Crippen molar-refractivity contribution in [1.29, 1.82) is 0 Å². The lowest BCUT2D eigenvalue weighted by Gasteiger charge is -2.37. The molecule has 2 saturated carbocycles. The van der Waals surface area contributed by atoms with E-state index in [1.54, 1.807) is 0 Å². The first-order valence-electron chi connectivity index (χ1n) is 9.72. The summed E-state index contributed by atoms with van der Waals surface area (Å²) in [6.45, 7) is 5.16. The third-order valence-electron chi connectivity index (χ3n) is 5.84. The molecule has 1 heteroatoms. The van der Waals surface area contributed by atoms with Crippen molar-refractivity contribution in [1.82, 2.24) is 0 Å². The molecular formula is C21H36O. The monoisotopic (exact) mass is 304 g/mol. The van der Waals surface area contributed by atoms with E-state index < -0.39 is 0 Å². The summed E-state index contributed by atoms with van der Waals surface area (Å²) in [5, 5.41) is 0. The van der Waals surface area contributed by atoms with Gasteiger partial charge in [-0.1, -0.05) is 56.9 Å². The first-order chi connectivity index (χ1) is 10.8. The minimum absolute atomic E-state index is 0.517. The van der Waals surface area contributed by atoms with Crippen LogP contribution in [0.15, 0.2) is 24.3 Å². The van der Waals surface area contributed by atoms with Crippen molar-refractivity contribution < 1.29 is 4.74 Å². The first-order valence-corrected chi connectivity index (χ1v) is 9.72. The van der Waals surface area contributed by atoms with E-state index in [0.717, 1.165) is 24.4 Å². The molecule has 0 radical (unpaired) electrons. The summed E-state index contributed by atoms with van der Waals surface area (Å²) in [6.07, 6.45) is 23.1. The molecule has 0 aromatic heterocycles. The fourth-order valence-corrected chi connectivity index (χ4v) is 4.52. The highest BCUT2D eigenvalue weighted by Crippen LogP contribution is 2.41. The molecule has 1 nitrogen and oxygen atoms in total. The van der Waals surface area contributed by atoms with E-state index in [-0.39, 0.29) is 0 Å². The molecule has 0 atom stereocenters. The quantitative estimate of drug-likeness (QED) is 0.501. The van der Waals surface area contributed by atoms with Crippen molar-refractivity contribution in [2.75, 3.05) is 6.61 Å². The summed E-state index contributed by atoms with van der Waals surface area (Å²) in [7, 11) is 0. The van der Waals surface area contributed by atoms with Gasteiger partial charge < -0.3 is 4.74 Å². The number of ether oxygens (including phenoxy) is 1. The molecule has 2 aliphatic carbocycles. The predicted molar refractivity (Wildman–Crippen MR) is 96.0 cm³/mol. The second kappa shape index (κ2) is 10.3. The molecule has 0 bridgehead atoms. The smallest absolute Gasteiger partial charge is 0.0654 e. The Labute approximate surface area is 138 Å². The summed E-state index contributed by atoms with van der Waals surface area (Å²) >= 11 is 0. The van der Waals surface area contributed by atoms with Crippen LogP contribution in [0.5, 0.6) is 0 Å². The van der Waals surface area contributed by atoms with E-state index in [0.29, 0.717) is 6.10 Å². The van der Waals surface area contributed by atoms with Crippen molar-refractivity contribution in [2.45, 2.75) is 84.2 Å². The van der Waals surface area contributed by atoms with Gasteiger partial charge in [-0.05, 0) is 63.2 Å². The van der Waals surface area contributed by atoms with Crippen LogP contribution in [0.2, 0.25) is 0 Å². The molecule has 0 unspecified atom stereocenters. The maximum Gasteiger partial charge on any atom is 0.0654 e. The van der Waals surface area contributed by atoms with E-state index in [1.165, 1.54) is 64.2 Å². The molecule has 0 spiro atoms. The van der Waals surface area contributed by atoms with Crippen LogP contribution in [0.25, 0.3) is 0 Å². The van der Waals surface area contributed by atoms with Gasteiger partial charge in [-0.2, -0.15) is 0 Å². The van der Waals surface area contributed by atoms with Crippen LogP contribution in [0, 0.1) is 17.8 Å². The van der Waals surface area contributed by atoms with Gasteiger partial charge >= 0.3 is 0 Å². The normalized spacial score (nSPS) is 33.7. The van der Waals surface area contributed by atoms with Crippen molar-refractivity contribution >= 4 is 0 Å². The van der Waals surface area contributed by atoms with Gasteiger partial charge in [0.1, 0.15) is 0 Å². The minimum Gasteiger partial charge on any atom is -0.374 e. The minimum atomic E-state index is 0.517. The van der Waals surface area contributed by atoms with E-state index in [9.17, 15) is 0 Å². The Morgan fingerprint density at radius 1 is 0.864 bits per heavy atom. The van der Waals surface area contributed by atoms with E-state index in [1.807, 2.05) is 6.92 Å². The molecule has 0 heterocycles. The van der Waals surface area contributed by atoms with Crippen LogP contribution in [0.3, 0.4) is 0 Å². The molecule has 2 fully saturated rings. The Morgan fingerprint density at radius 2 is 1.50 bits per heavy atom. The molecular weight excluding hydrogens is 268 g/mol. The fraction of sp³-hybridized carbons (Fsp3) is 0.810. The lowest BCUT2D eigenvalue weighted by molar-refractivity contribution is 0.0210. The first kappa shape index (κ1) is 17.8. The number of allylic oxidation sites excluding steroid dienone is 3. The van der Waals surface area contributed by atoms with Crippen LogP contribution in [-0.2, 0) is 4.74 Å². The largest absolute Gasteiger partial charge is 0.374 e. The summed E-state index contributed by atoms with van der Waals surface area (Å²) in [5.74, 6) is 3.08. The molecule has 2 aliphatic rings. The summed E-state index contributed by atoms with van der Waals surface area (Å²) in [6, 6.07) is 0. The van der Waals surface area contributed by atoms with Gasteiger partial charge in [0.15, 0.2) is 0 Å².